The molecule has 1 unspecified atom stereocenters. The Balaban J connectivity index is 1.29. The summed E-state index contributed by atoms with van der Waals surface area (Å²) in [6.07, 6.45) is 2.82. The molecular weight excluding hydrogens is 360 g/mol. The van der Waals surface area contributed by atoms with Crippen molar-refractivity contribution in [2.24, 2.45) is 0 Å². The molecule has 6 nitrogen and oxygen atoms in total. The molecule has 6 heteroatoms. The molecule has 2 aromatic carbocycles. The van der Waals surface area contributed by atoms with Crippen molar-refractivity contribution in [1.82, 2.24) is 20.1 Å². The van der Waals surface area contributed by atoms with Gasteiger partial charge in [-0.1, -0.05) is 48.5 Å². The molecule has 2 aliphatic rings. The van der Waals surface area contributed by atoms with Crippen LogP contribution in [0.2, 0.25) is 0 Å². The third-order valence-corrected chi connectivity index (χ3v) is 5.89. The van der Waals surface area contributed by atoms with Gasteiger partial charge in [0.1, 0.15) is 0 Å². The van der Waals surface area contributed by atoms with Gasteiger partial charge >= 0.3 is 0 Å². The van der Waals surface area contributed by atoms with Gasteiger partial charge in [0, 0.05) is 44.5 Å². The van der Waals surface area contributed by atoms with Crippen LogP contribution < -0.4 is 9.80 Å². The third kappa shape index (κ3) is 3.68. The third-order valence-electron chi connectivity index (χ3n) is 5.89. The largest absolute Gasteiger partial charge is 0.337 e. The molecule has 0 radical (unpaired) electrons. The first kappa shape index (κ1) is 18.1. The zero-order valence-corrected chi connectivity index (χ0v) is 16.8. The molecule has 0 spiro atoms. The predicted octanol–water partition coefficient (Wildman–Crippen LogP) is 3.28. The molecule has 2 aliphatic heterocycles. The summed E-state index contributed by atoms with van der Waals surface area (Å²) in [6, 6.07) is 19.6. The molecule has 29 heavy (non-hydrogen) atoms. The minimum atomic E-state index is 0.375. The standard InChI is InChI=1S/C23H26N6/c1-18-15-20-9-5-6-10-21(20)29(18)22-16-24-26-23(25-22)28-13-11-27(12-14-28)17-19-7-3-2-4-8-19/h2-10,16,18H,11-15,17H2,1H3. The van der Waals surface area contributed by atoms with Crippen molar-refractivity contribution in [3.63, 3.8) is 0 Å². The lowest BCUT2D eigenvalue weighted by Gasteiger charge is -2.35. The van der Waals surface area contributed by atoms with Gasteiger partial charge in [0.25, 0.3) is 0 Å². The second kappa shape index (κ2) is 7.79. The SMILES string of the molecule is CC1Cc2ccccc2N1c1cnnc(N2CCN(Cc3ccccc3)CC2)n1. The summed E-state index contributed by atoms with van der Waals surface area (Å²) in [4.78, 5) is 11.9. The van der Waals surface area contributed by atoms with Gasteiger partial charge < -0.3 is 9.80 Å². The van der Waals surface area contributed by atoms with Crippen molar-refractivity contribution in [2.75, 3.05) is 36.0 Å². The topological polar surface area (TPSA) is 48.4 Å². The van der Waals surface area contributed by atoms with Crippen molar-refractivity contribution >= 4 is 17.5 Å². The molecule has 5 rings (SSSR count). The molecule has 1 atom stereocenters. The number of piperazine rings is 1. The van der Waals surface area contributed by atoms with Crippen molar-refractivity contribution in [1.29, 1.82) is 0 Å². The van der Waals surface area contributed by atoms with Gasteiger partial charge in [-0.15, -0.1) is 5.10 Å². The average molecular weight is 387 g/mol. The van der Waals surface area contributed by atoms with Gasteiger partial charge in [-0.25, -0.2) is 0 Å². The van der Waals surface area contributed by atoms with E-state index >= 15 is 0 Å². The Morgan fingerprint density at radius 1 is 0.931 bits per heavy atom. The summed E-state index contributed by atoms with van der Waals surface area (Å²) in [6.45, 7) is 7.09. The Bertz CT molecular complexity index is 968. The fourth-order valence-electron chi connectivity index (χ4n) is 4.40. The van der Waals surface area contributed by atoms with E-state index in [1.54, 1.807) is 6.20 Å². The molecular formula is C23H26N6. The van der Waals surface area contributed by atoms with E-state index in [2.05, 4.69) is 86.4 Å². The van der Waals surface area contributed by atoms with Crippen molar-refractivity contribution in [3.05, 3.63) is 71.9 Å². The molecule has 1 fully saturated rings. The Kier molecular flexibility index (Phi) is 4.86. The monoisotopic (exact) mass is 386 g/mol. The zero-order chi connectivity index (χ0) is 19.6. The summed E-state index contributed by atoms with van der Waals surface area (Å²) in [5, 5.41) is 8.63. The van der Waals surface area contributed by atoms with Crippen LogP contribution in [0.5, 0.6) is 0 Å². The minimum absolute atomic E-state index is 0.375. The van der Waals surface area contributed by atoms with Crippen LogP contribution in [0.4, 0.5) is 17.5 Å². The predicted molar refractivity (Wildman–Crippen MR) is 116 cm³/mol. The van der Waals surface area contributed by atoms with Gasteiger partial charge in [-0.2, -0.15) is 10.1 Å². The van der Waals surface area contributed by atoms with E-state index < -0.39 is 0 Å². The first-order chi connectivity index (χ1) is 14.3. The minimum Gasteiger partial charge on any atom is -0.337 e. The van der Waals surface area contributed by atoms with Crippen LogP contribution in [0.25, 0.3) is 0 Å². The summed E-state index contributed by atoms with van der Waals surface area (Å²) < 4.78 is 0. The van der Waals surface area contributed by atoms with Crippen molar-refractivity contribution in [3.8, 4) is 0 Å². The van der Waals surface area contributed by atoms with Crippen LogP contribution in [0.15, 0.2) is 60.8 Å². The Hall–Kier alpha value is -2.99. The number of fused-ring (bicyclic) bond motifs is 1. The van der Waals surface area contributed by atoms with E-state index in [0.29, 0.717) is 6.04 Å². The van der Waals surface area contributed by atoms with Gasteiger partial charge in [-0.05, 0) is 30.5 Å². The number of anilines is 3. The average Bonchev–Trinajstić information content (AvgIpc) is 3.11. The van der Waals surface area contributed by atoms with Crippen LogP contribution in [0, 0.1) is 0 Å². The molecule has 0 amide bonds. The Morgan fingerprint density at radius 3 is 2.52 bits per heavy atom. The summed E-state index contributed by atoms with van der Waals surface area (Å²) in [7, 11) is 0. The number of benzene rings is 2. The maximum absolute atomic E-state index is 4.90. The van der Waals surface area contributed by atoms with Crippen LogP contribution in [0.1, 0.15) is 18.1 Å². The number of para-hydroxylation sites is 1. The van der Waals surface area contributed by atoms with Gasteiger partial charge in [-0.3, -0.25) is 4.90 Å². The van der Waals surface area contributed by atoms with Crippen LogP contribution in [0.3, 0.4) is 0 Å². The van der Waals surface area contributed by atoms with Crippen LogP contribution >= 0.6 is 0 Å². The number of hydrogen-bond donors (Lipinski definition) is 0. The smallest absolute Gasteiger partial charge is 0.247 e. The number of nitrogens with zero attached hydrogens (tertiary/aromatic N) is 6. The van der Waals surface area contributed by atoms with Crippen LogP contribution in [-0.4, -0.2) is 52.3 Å². The number of hydrogen-bond acceptors (Lipinski definition) is 6. The van der Waals surface area contributed by atoms with E-state index in [9.17, 15) is 0 Å². The normalized spacial score (nSPS) is 19.4. The molecule has 1 aromatic heterocycles. The zero-order valence-electron chi connectivity index (χ0n) is 16.8. The Labute approximate surface area is 171 Å². The summed E-state index contributed by atoms with van der Waals surface area (Å²) >= 11 is 0. The fraction of sp³-hybridized carbons (Fsp3) is 0.348. The maximum atomic E-state index is 4.90. The lowest BCUT2D eigenvalue weighted by atomic mass is 10.1. The summed E-state index contributed by atoms with van der Waals surface area (Å²) in [5.41, 5.74) is 3.97. The van der Waals surface area contributed by atoms with Gasteiger partial charge in [0.15, 0.2) is 5.82 Å². The van der Waals surface area contributed by atoms with E-state index in [4.69, 9.17) is 4.98 Å². The first-order valence-electron chi connectivity index (χ1n) is 10.4. The fourth-order valence-corrected chi connectivity index (χ4v) is 4.40. The second-order valence-electron chi connectivity index (χ2n) is 7.92. The highest BCUT2D eigenvalue weighted by Gasteiger charge is 2.29. The van der Waals surface area contributed by atoms with E-state index in [1.807, 2.05) is 0 Å². The highest BCUT2D eigenvalue weighted by molar-refractivity contribution is 5.68. The molecule has 0 saturated carbocycles. The van der Waals surface area contributed by atoms with Crippen LogP contribution in [-0.2, 0) is 13.0 Å². The first-order valence-corrected chi connectivity index (χ1v) is 10.4. The summed E-state index contributed by atoms with van der Waals surface area (Å²) in [5.74, 6) is 1.62. The molecule has 3 heterocycles. The Morgan fingerprint density at radius 2 is 1.69 bits per heavy atom. The number of rotatable bonds is 4. The highest BCUT2D eigenvalue weighted by Crippen LogP contribution is 2.37. The second-order valence-corrected chi connectivity index (χ2v) is 7.92. The molecule has 0 bridgehead atoms. The quantitative estimate of drug-likeness (QED) is 0.686. The van der Waals surface area contributed by atoms with E-state index in [1.165, 1.54) is 16.8 Å². The molecule has 148 valence electrons. The lowest BCUT2D eigenvalue weighted by Crippen LogP contribution is -2.46. The lowest BCUT2D eigenvalue weighted by molar-refractivity contribution is 0.248. The van der Waals surface area contributed by atoms with Crippen molar-refractivity contribution in [2.45, 2.75) is 25.9 Å². The molecule has 0 N–H and O–H groups in total. The molecule has 1 saturated heterocycles. The van der Waals surface area contributed by atoms with E-state index in [-0.39, 0.29) is 0 Å². The van der Waals surface area contributed by atoms with Gasteiger partial charge in [0.2, 0.25) is 5.95 Å². The maximum Gasteiger partial charge on any atom is 0.247 e. The van der Waals surface area contributed by atoms with Crippen molar-refractivity contribution < 1.29 is 0 Å². The number of aromatic nitrogens is 3. The molecule has 3 aromatic rings. The molecule has 0 aliphatic carbocycles. The van der Waals surface area contributed by atoms with Gasteiger partial charge in [0.05, 0.1) is 6.20 Å². The van der Waals surface area contributed by atoms with E-state index in [0.717, 1.165) is 50.9 Å². The highest BCUT2D eigenvalue weighted by atomic mass is 15.4.